The smallest absolute Gasteiger partial charge is 0.416 e. The van der Waals surface area contributed by atoms with Gasteiger partial charge in [-0.3, -0.25) is 10.2 Å². The van der Waals surface area contributed by atoms with Crippen molar-refractivity contribution in [1.29, 1.82) is 0 Å². The predicted molar refractivity (Wildman–Crippen MR) is 110 cm³/mol. The van der Waals surface area contributed by atoms with Crippen LogP contribution in [0, 0.1) is 0 Å². The summed E-state index contributed by atoms with van der Waals surface area (Å²) >= 11 is 0. The molecule has 0 unspecified atom stereocenters. The molecule has 0 fully saturated rings. The number of alkyl halides is 3. The Balaban J connectivity index is 1.77. The Kier molecular flexibility index (Phi) is 6.54. The maximum Gasteiger partial charge on any atom is 0.416 e. The van der Waals surface area contributed by atoms with E-state index in [0.29, 0.717) is 29.3 Å². The highest BCUT2D eigenvalue weighted by Crippen LogP contribution is 2.36. The average Bonchev–Trinajstić information content (AvgIpc) is 2.78. The molecule has 0 saturated heterocycles. The monoisotopic (exact) mass is 432 g/mol. The van der Waals surface area contributed by atoms with E-state index in [1.54, 1.807) is 55.6 Å². The van der Waals surface area contributed by atoms with Crippen molar-refractivity contribution >= 4 is 17.8 Å². The van der Waals surface area contributed by atoms with Crippen molar-refractivity contribution < 1.29 is 32.2 Å². The molecule has 0 aliphatic rings. The minimum absolute atomic E-state index is 0.0779. The van der Waals surface area contributed by atoms with E-state index in [9.17, 15) is 18.0 Å². The van der Waals surface area contributed by atoms with Gasteiger partial charge in [0.25, 0.3) is 0 Å². The highest BCUT2D eigenvalue weighted by atomic mass is 19.4. The number of ether oxygens (including phenoxy) is 3. The lowest BCUT2D eigenvalue weighted by Gasteiger charge is -2.23. The largest absolute Gasteiger partial charge is 0.497 e. The van der Waals surface area contributed by atoms with E-state index in [1.807, 2.05) is 0 Å². The number of carbonyl (C=O) groups is 1. The van der Waals surface area contributed by atoms with Gasteiger partial charge in [0.2, 0.25) is 6.41 Å². The van der Waals surface area contributed by atoms with Crippen molar-refractivity contribution in [2.75, 3.05) is 24.7 Å². The SMILES string of the molecule is COc1ccc(Oc2ccc(NN(C=O)c3cc(C(F)(F)F)ccc3OC)cc2)cc1. The van der Waals surface area contributed by atoms with Crippen LogP contribution in [0.2, 0.25) is 0 Å². The molecule has 0 bridgehead atoms. The van der Waals surface area contributed by atoms with Crippen LogP contribution in [-0.2, 0) is 11.0 Å². The van der Waals surface area contributed by atoms with Gasteiger partial charge in [-0.25, -0.2) is 5.01 Å². The summed E-state index contributed by atoms with van der Waals surface area (Å²) in [5.41, 5.74) is 2.22. The normalized spacial score (nSPS) is 10.9. The molecule has 6 nitrogen and oxygen atoms in total. The fourth-order valence-corrected chi connectivity index (χ4v) is 2.71. The lowest BCUT2D eigenvalue weighted by molar-refractivity contribution is -0.137. The number of hydrogen-bond acceptors (Lipinski definition) is 5. The van der Waals surface area contributed by atoms with E-state index >= 15 is 0 Å². The third-order valence-electron chi connectivity index (χ3n) is 4.27. The maximum absolute atomic E-state index is 13.1. The van der Waals surface area contributed by atoms with Gasteiger partial charge < -0.3 is 14.2 Å². The quantitative estimate of drug-likeness (QED) is 0.376. The van der Waals surface area contributed by atoms with Gasteiger partial charge in [-0.1, -0.05) is 0 Å². The number of methoxy groups -OCH3 is 2. The van der Waals surface area contributed by atoms with E-state index in [0.717, 1.165) is 23.2 Å². The molecule has 0 aliphatic heterocycles. The third kappa shape index (κ3) is 5.39. The van der Waals surface area contributed by atoms with Crippen LogP contribution in [0.4, 0.5) is 24.5 Å². The van der Waals surface area contributed by atoms with Crippen LogP contribution in [-0.4, -0.2) is 20.6 Å². The van der Waals surface area contributed by atoms with Crippen LogP contribution < -0.4 is 24.6 Å². The highest BCUT2D eigenvalue weighted by molar-refractivity contribution is 5.82. The molecular formula is C22H19F3N2O4. The first-order chi connectivity index (χ1) is 14.8. The zero-order valence-electron chi connectivity index (χ0n) is 16.6. The molecule has 31 heavy (non-hydrogen) atoms. The van der Waals surface area contributed by atoms with Crippen molar-refractivity contribution in [1.82, 2.24) is 0 Å². The molecule has 0 saturated carbocycles. The van der Waals surface area contributed by atoms with Crippen molar-refractivity contribution in [3.63, 3.8) is 0 Å². The molecule has 0 aromatic heterocycles. The molecular weight excluding hydrogens is 413 g/mol. The number of nitrogens with one attached hydrogen (secondary N) is 1. The lowest BCUT2D eigenvalue weighted by atomic mass is 10.1. The van der Waals surface area contributed by atoms with Crippen LogP contribution in [0.5, 0.6) is 23.0 Å². The number of halogens is 3. The Bertz CT molecular complexity index is 1020. The molecule has 0 heterocycles. The Morgan fingerprint density at radius 1 is 0.839 bits per heavy atom. The third-order valence-corrected chi connectivity index (χ3v) is 4.27. The second-order valence-electron chi connectivity index (χ2n) is 6.27. The van der Waals surface area contributed by atoms with Crippen molar-refractivity contribution in [2.24, 2.45) is 0 Å². The number of nitrogens with zero attached hydrogens (tertiary/aromatic N) is 1. The second kappa shape index (κ2) is 9.29. The molecule has 1 N–H and O–H groups in total. The van der Waals surface area contributed by atoms with Crippen LogP contribution in [0.15, 0.2) is 66.7 Å². The Hall–Kier alpha value is -3.88. The Morgan fingerprint density at radius 3 is 1.94 bits per heavy atom. The standard InChI is InChI=1S/C22H19F3N2O4/c1-29-17-8-10-19(11-9-17)31-18-6-4-16(5-7-18)26-27(14-28)20-13-15(22(23,24)25)3-12-21(20)30-2/h3-14,26H,1-2H3. The van der Waals surface area contributed by atoms with Crippen molar-refractivity contribution in [2.45, 2.75) is 6.18 Å². The van der Waals surface area contributed by atoms with Crippen LogP contribution in [0.25, 0.3) is 0 Å². The number of hydrazine groups is 1. The van der Waals surface area contributed by atoms with Gasteiger partial charge in [0.1, 0.15) is 28.7 Å². The first-order valence-electron chi connectivity index (χ1n) is 9.02. The summed E-state index contributed by atoms with van der Waals surface area (Å²) in [5, 5.41) is 0.910. The number of amides is 1. The number of rotatable bonds is 8. The van der Waals surface area contributed by atoms with Crippen LogP contribution in [0.3, 0.4) is 0 Å². The summed E-state index contributed by atoms with van der Waals surface area (Å²) in [6, 6.07) is 16.4. The number of anilines is 2. The zero-order chi connectivity index (χ0) is 22.4. The van der Waals surface area contributed by atoms with Gasteiger partial charge in [0.15, 0.2) is 0 Å². The molecule has 3 aromatic rings. The van der Waals surface area contributed by atoms with Crippen molar-refractivity contribution in [3.8, 4) is 23.0 Å². The number of benzene rings is 3. The topological polar surface area (TPSA) is 60.0 Å². The molecule has 9 heteroatoms. The summed E-state index contributed by atoms with van der Waals surface area (Å²) in [6.45, 7) is 0. The van der Waals surface area contributed by atoms with Crippen molar-refractivity contribution in [3.05, 3.63) is 72.3 Å². The minimum atomic E-state index is -4.56. The van der Waals surface area contributed by atoms with Gasteiger partial charge in [-0.05, 0) is 66.7 Å². The van der Waals surface area contributed by atoms with E-state index in [4.69, 9.17) is 14.2 Å². The van der Waals surface area contributed by atoms with Crippen LogP contribution in [0.1, 0.15) is 5.56 Å². The summed E-state index contributed by atoms with van der Waals surface area (Å²) in [7, 11) is 2.87. The van der Waals surface area contributed by atoms with E-state index < -0.39 is 11.7 Å². The first-order valence-corrected chi connectivity index (χ1v) is 9.02. The molecule has 162 valence electrons. The van der Waals surface area contributed by atoms with E-state index in [1.165, 1.54) is 7.11 Å². The fourth-order valence-electron chi connectivity index (χ4n) is 2.71. The molecule has 0 aliphatic carbocycles. The van der Waals surface area contributed by atoms with E-state index in [2.05, 4.69) is 5.43 Å². The average molecular weight is 432 g/mol. The molecule has 1 amide bonds. The van der Waals surface area contributed by atoms with Gasteiger partial charge in [0, 0.05) is 0 Å². The minimum Gasteiger partial charge on any atom is -0.497 e. The predicted octanol–water partition coefficient (Wildman–Crippen LogP) is 5.50. The lowest BCUT2D eigenvalue weighted by Crippen LogP contribution is -2.28. The Labute approximate surface area is 176 Å². The van der Waals surface area contributed by atoms with E-state index in [-0.39, 0.29) is 11.4 Å². The first kappa shape index (κ1) is 21.8. The number of carbonyl (C=O) groups excluding carboxylic acids is 1. The Morgan fingerprint density at radius 2 is 1.42 bits per heavy atom. The highest BCUT2D eigenvalue weighted by Gasteiger charge is 2.32. The second-order valence-corrected chi connectivity index (χ2v) is 6.27. The van der Waals surface area contributed by atoms with Gasteiger partial charge in [0.05, 0.1) is 25.5 Å². The summed E-state index contributed by atoms with van der Waals surface area (Å²) in [6.07, 6.45) is -4.20. The summed E-state index contributed by atoms with van der Waals surface area (Å²) in [5.74, 6) is 1.94. The maximum atomic E-state index is 13.1. The van der Waals surface area contributed by atoms with Crippen LogP contribution >= 0.6 is 0 Å². The summed E-state index contributed by atoms with van der Waals surface area (Å²) < 4.78 is 55.1. The van der Waals surface area contributed by atoms with Gasteiger partial charge in [-0.2, -0.15) is 13.2 Å². The molecule has 0 atom stereocenters. The fraction of sp³-hybridized carbons (Fsp3) is 0.136. The molecule has 0 spiro atoms. The molecule has 0 radical (unpaired) electrons. The summed E-state index contributed by atoms with van der Waals surface area (Å²) in [4.78, 5) is 11.6. The van der Waals surface area contributed by atoms with Gasteiger partial charge in [-0.15, -0.1) is 0 Å². The number of hydrogen-bond donors (Lipinski definition) is 1. The zero-order valence-corrected chi connectivity index (χ0v) is 16.6. The molecule has 3 aromatic carbocycles. The molecule has 3 rings (SSSR count). The van der Waals surface area contributed by atoms with Gasteiger partial charge >= 0.3 is 6.18 Å².